The molecule has 1 aliphatic carbocycles. The Balaban J connectivity index is 1.19. The molecule has 0 saturated heterocycles. The Bertz CT molecular complexity index is 3690. The van der Waals surface area contributed by atoms with Gasteiger partial charge >= 0.3 is 0 Å². The van der Waals surface area contributed by atoms with E-state index in [4.69, 9.17) is 0 Å². The van der Waals surface area contributed by atoms with Crippen LogP contribution in [0.2, 0.25) is 0 Å². The summed E-state index contributed by atoms with van der Waals surface area (Å²) >= 11 is 0. The summed E-state index contributed by atoms with van der Waals surface area (Å²) in [7, 11) is 0. The molecule has 72 heavy (non-hydrogen) atoms. The van der Waals surface area contributed by atoms with Crippen molar-refractivity contribution in [3.8, 4) is 66.8 Å². The summed E-state index contributed by atoms with van der Waals surface area (Å²) in [6, 6.07) is 98.0. The maximum absolute atomic E-state index is 2.45. The van der Waals surface area contributed by atoms with Gasteiger partial charge in [0.2, 0.25) is 0 Å². The SMILES string of the molecule is Cc1cccc(N(c2ccccc2)c2ccc3c(-c4ccccc4)c4c(c(-c5ccccc5)c3c2)-c2c-4c(-c3ccccc3)c3cc(N(c4ccccc4)c4cccc(C)c4)ccc3c2-c2ccccc2)c1. The topological polar surface area (TPSA) is 6.48 Å². The molecule has 2 nitrogen and oxygen atoms in total. The molecular formula is C70H50N2. The molecule has 0 atom stereocenters. The van der Waals surface area contributed by atoms with Gasteiger partial charge in [-0.05, 0) is 186 Å². The summed E-state index contributed by atoms with van der Waals surface area (Å²) in [5.41, 5.74) is 24.0. The number of fused-ring (bicyclic) bond motifs is 6. The first kappa shape index (κ1) is 42.8. The van der Waals surface area contributed by atoms with E-state index in [1.165, 1.54) is 99.4 Å². The van der Waals surface area contributed by atoms with Crippen LogP contribution in [0.15, 0.2) is 267 Å². The maximum atomic E-state index is 2.45. The lowest BCUT2D eigenvalue weighted by molar-refractivity contribution is 1.27. The van der Waals surface area contributed by atoms with Gasteiger partial charge in [0.15, 0.2) is 0 Å². The lowest BCUT2D eigenvalue weighted by Gasteiger charge is -2.38. The second-order valence-electron chi connectivity index (χ2n) is 18.9. The van der Waals surface area contributed by atoms with Crippen LogP contribution in [0, 0.1) is 13.8 Å². The third kappa shape index (κ3) is 7.27. The molecule has 0 aromatic heterocycles. The van der Waals surface area contributed by atoms with E-state index in [0.29, 0.717) is 0 Å². The summed E-state index contributed by atoms with van der Waals surface area (Å²) in [5, 5.41) is 4.86. The monoisotopic (exact) mass is 918 g/mol. The van der Waals surface area contributed by atoms with Crippen LogP contribution in [0.3, 0.4) is 0 Å². The highest BCUT2D eigenvalue weighted by Gasteiger charge is 2.39. The molecule has 0 fully saturated rings. The molecule has 340 valence electrons. The van der Waals surface area contributed by atoms with Crippen LogP contribution in [-0.2, 0) is 0 Å². The first-order valence-corrected chi connectivity index (χ1v) is 24.9. The van der Waals surface area contributed by atoms with Gasteiger partial charge in [-0.3, -0.25) is 0 Å². The Hall–Kier alpha value is -9.24. The number of rotatable bonds is 10. The molecule has 2 heteroatoms. The van der Waals surface area contributed by atoms with E-state index >= 15 is 0 Å². The van der Waals surface area contributed by atoms with Gasteiger partial charge in [-0.25, -0.2) is 0 Å². The molecule has 0 N–H and O–H groups in total. The fourth-order valence-electron chi connectivity index (χ4n) is 11.4. The van der Waals surface area contributed by atoms with Crippen molar-refractivity contribution in [3.63, 3.8) is 0 Å². The third-order valence-electron chi connectivity index (χ3n) is 14.4. The van der Waals surface area contributed by atoms with Crippen molar-refractivity contribution in [1.29, 1.82) is 0 Å². The number of anilines is 6. The minimum absolute atomic E-state index is 1.10. The highest BCUT2D eigenvalue weighted by Crippen LogP contribution is 2.66. The Morgan fingerprint density at radius 2 is 0.458 bits per heavy atom. The fourth-order valence-corrected chi connectivity index (χ4v) is 11.4. The summed E-state index contributed by atoms with van der Waals surface area (Å²) in [4.78, 5) is 4.81. The number of para-hydroxylation sites is 2. The van der Waals surface area contributed by atoms with Gasteiger partial charge in [-0.2, -0.15) is 0 Å². The number of aryl methyl sites for hydroxylation is 2. The third-order valence-corrected chi connectivity index (χ3v) is 14.4. The van der Waals surface area contributed by atoms with E-state index in [2.05, 4.69) is 291 Å². The van der Waals surface area contributed by atoms with Crippen LogP contribution in [0.5, 0.6) is 0 Å². The van der Waals surface area contributed by atoms with Gasteiger partial charge < -0.3 is 9.80 Å². The van der Waals surface area contributed by atoms with Crippen molar-refractivity contribution in [2.45, 2.75) is 13.8 Å². The highest BCUT2D eigenvalue weighted by atomic mass is 15.1. The van der Waals surface area contributed by atoms with Crippen molar-refractivity contribution >= 4 is 55.7 Å². The average Bonchev–Trinajstić information content (AvgIpc) is 3.43. The van der Waals surface area contributed by atoms with Gasteiger partial charge in [0, 0.05) is 34.1 Å². The molecule has 0 saturated carbocycles. The van der Waals surface area contributed by atoms with E-state index in [-0.39, 0.29) is 0 Å². The molecule has 0 amide bonds. The number of hydrogen-bond donors (Lipinski definition) is 0. The second-order valence-corrected chi connectivity index (χ2v) is 18.9. The summed E-state index contributed by atoms with van der Waals surface area (Å²) in [6.45, 7) is 4.35. The largest absolute Gasteiger partial charge is 0.310 e. The van der Waals surface area contributed by atoms with Crippen LogP contribution in [0.1, 0.15) is 11.1 Å². The maximum Gasteiger partial charge on any atom is 0.0468 e. The molecule has 12 aromatic carbocycles. The Labute approximate surface area is 422 Å². The molecule has 0 radical (unpaired) electrons. The van der Waals surface area contributed by atoms with E-state index in [0.717, 1.165) is 34.1 Å². The number of hydrogen-bond acceptors (Lipinski definition) is 2. The van der Waals surface area contributed by atoms with Crippen molar-refractivity contribution < 1.29 is 0 Å². The predicted molar refractivity (Wildman–Crippen MR) is 306 cm³/mol. The minimum Gasteiger partial charge on any atom is -0.310 e. The first-order valence-electron chi connectivity index (χ1n) is 24.9. The molecule has 0 bridgehead atoms. The zero-order valence-electron chi connectivity index (χ0n) is 40.3. The molecule has 12 aromatic rings. The lowest BCUT2D eigenvalue weighted by atomic mass is 9.65. The van der Waals surface area contributed by atoms with E-state index in [1.54, 1.807) is 0 Å². The van der Waals surface area contributed by atoms with Gasteiger partial charge in [-0.15, -0.1) is 0 Å². The van der Waals surface area contributed by atoms with E-state index < -0.39 is 0 Å². The molecule has 0 aliphatic heterocycles. The van der Waals surface area contributed by atoms with Gasteiger partial charge in [-0.1, -0.05) is 194 Å². The summed E-state index contributed by atoms with van der Waals surface area (Å²) in [6.07, 6.45) is 0. The Morgan fingerprint density at radius 3 is 0.764 bits per heavy atom. The summed E-state index contributed by atoms with van der Waals surface area (Å²) in [5.74, 6) is 0. The van der Waals surface area contributed by atoms with Crippen LogP contribution in [0.25, 0.3) is 88.3 Å². The van der Waals surface area contributed by atoms with Gasteiger partial charge in [0.25, 0.3) is 0 Å². The molecule has 1 aliphatic rings. The van der Waals surface area contributed by atoms with Crippen molar-refractivity contribution in [2.24, 2.45) is 0 Å². The summed E-state index contributed by atoms with van der Waals surface area (Å²) < 4.78 is 0. The van der Waals surface area contributed by atoms with Gasteiger partial charge in [0.1, 0.15) is 0 Å². The van der Waals surface area contributed by atoms with E-state index in [9.17, 15) is 0 Å². The second kappa shape index (κ2) is 17.9. The predicted octanol–water partition coefficient (Wildman–Crippen LogP) is 19.9. The number of nitrogens with zero attached hydrogens (tertiary/aromatic N) is 2. The zero-order valence-corrected chi connectivity index (χ0v) is 40.3. The normalized spacial score (nSPS) is 11.5. The van der Waals surface area contributed by atoms with Gasteiger partial charge in [0.05, 0.1) is 0 Å². The van der Waals surface area contributed by atoms with Crippen LogP contribution < -0.4 is 9.80 Å². The van der Waals surface area contributed by atoms with E-state index in [1.807, 2.05) is 0 Å². The minimum atomic E-state index is 1.10. The lowest BCUT2D eigenvalue weighted by Crippen LogP contribution is -2.12. The van der Waals surface area contributed by atoms with Crippen molar-refractivity contribution in [3.05, 3.63) is 278 Å². The highest BCUT2D eigenvalue weighted by molar-refractivity contribution is 6.33. The Morgan fingerprint density at radius 1 is 0.194 bits per heavy atom. The molecule has 0 unspecified atom stereocenters. The van der Waals surface area contributed by atoms with Crippen molar-refractivity contribution in [2.75, 3.05) is 9.80 Å². The zero-order chi connectivity index (χ0) is 48.1. The molecule has 13 rings (SSSR count). The van der Waals surface area contributed by atoms with Crippen molar-refractivity contribution in [1.82, 2.24) is 0 Å². The molecular weight excluding hydrogens is 869 g/mol. The first-order chi connectivity index (χ1) is 35.6. The van der Waals surface area contributed by atoms with Crippen LogP contribution in [0.4, 0.5) is 34.1 Å². The Kier molecular flexibility index (Phi) is 10.7. The standard InChI is InChI=1S/C70H50N2/c1-47-23-21-37-55(43-47)71(53-33-17-7-18-34-53)57-39-41-59-61(45-57)65(51-29-13-5-14-30-51)69-67(63(59)49-25-9-3-10-26-49)70-66(52-31-15-6-16-32-52)62-46-58(40-42-60(62)64(68(69)70)50-27-11-4-12-28-50)72(54-35-19-8-20-36-54)56-38-22-24-48(2)44-56/h3-46H,1-2H3. The van der Waals surface area contributed by atoms with Crippen LogP contribution >= 0.6 is 0 Å². The smallest absolute Gasteiger partial charge is 0.0468 e. The quantitative estimate of drug-likeness (QED) is 0.135. The molecule has 0 heterocycles. The van der Waals surface area contributed by atoms with Crippen LogP contribution in [-0.4, -0.2) is 0 Å². The fraction of sp³-hybridized carbons (Fsp3) is 0.0286. The number of benzene rings is 12. The average molecular weight is 919 g/mol. The molecule has 0 spiro atoms.